The largest absolute Gasteiger partial charge is 0.382 e. The molecule has 1 N–H and O–H groups in total. The Morgan fingerprint density at radius 3 is 2.69 bits per heavy atom. The molecule has 0 aromatic carbocycles. The quantitative estimate of drug-likeness (QED) is 0.607. The summed E-state index contributed by atoms with van der Waals surface area (Å²) in [5.74, 6) is 0. The first-order valence-electron chi connectivity index (χ1n) is 5.20. The highest BCUT2D eigenvalue weighted by Crippen LogP contribution is 2.22. The van der Waals surface area contributed by atoms with Gasteiger partial charge in [0.15, 0.2) is 0 Å². The third kappa shape index (κ3) is 4.07. The number of hydrogen-bond acceptors (Lipinski definition) is 3. The van der Waals surface area contributed by atoms with E-state index >= 15 is 0 Å². The summed E-state index contributed by atoms with van der Waals surface area (Å²) < 4.78 is 10.5. The number of hydrogen-bond donors (Lipinski definition) is 1. The first-order valence-corrected chi connectivity index (χ1v) is 5.20. The van der Waals surface area contributed by atoms with E-state index in [0.717, 1.165) is 13.2 Å². The van der Waals surface area contributed by atoms with E-state index in [1.807, 2.05) is 0 Å². The van der Waals surface area contributed by atoms with E-state index in [2.05, 4.69) is 12.2 Å². The molecule has 0 spiro atoms. The van der Waals surface area contributed by atoms with Crippen molar-refractivity contribution in [2.24, 2.45) is 0 Å². The summed E-state index contributed by atoms with van der Waals surface area (Å²) in [6.45, 7) is 4.78. The molecule has 0 atom stereocenters. The van der Waals surface area contributed by atoms with Crippen LogP contribution < -0.4 is 5.32 Å². The molecule has 0 unspecified atom stereocenters. The van der Waals surface area contributed by atoms with Crippen LogP contribution in [0, 0.1) is 0 Å². The second-order valence-corrected chi connectivity index (χ2v) is 3.61. The smallest absolute Gasteiger partial charge is 0.0704 e. The summed E-state index contributed by atoms with van der Waals surface area (Å²) in [4.78, 5) is 0. The van der Waals surface area contributed by atoms with Crippen LogP contribution in [-0.4, -0.2) is 39.0 Å². The van der Waals surface area contributed by atoms with Gasteiger partial charge in [-0.1, -0.05) is 6.92 Å². The standard InChI is InChI=1S/C10H21NO2/c1-3-4-11-9-7-10(8-9)13-6-5-12-2/h9-11H,3-8H2,1-2H3. The summed E-state index contributed by atoms with van der Waals surface area (Å²) in [6, 6.07) is 0.701. The zero-order valence-corrected chi connectivity index (χ0v) is 8.71. The molecule has 0 aliphatic heterocycles. The molecule has 1 rings (SSSR count). The van der Waals surface area contributed by atoms with Crippen molar-refractivity contribution < 1.29 is 9.47 Å². The van der Waals surface area contributed by atoms with Crippen molar-refractivity contribution in [2.45, 2.75) is 38.3 Å². The maximum Gasteiger partial charge on any atom is 0.0704 e. The zero-order valence-electron chi connectivity index (χ0n) is 8.71. The first-order chi connectivity index (χ1) is 6.36. The van der Waals surface area contributed by atoms with Crippen molar-refractivity contribution in [1.29, 1.82) is 0 Å². The fourth-order valence-corrected chi connectivity index (χ4v) is 1.51. The van der Waals surface area contributed by atoms with Gasteiger partial charge in [-0.25, -0.2) is 0 Å². The molecular formula is C10H21NO2. The van der Waals surface area contributed by atoms with E-state index < -0.39 is 0 Å². The van der Waals surface area contributed by atoms with Crippen LogP contribution in [0.15, 0.2) is 0 Å². The molecule has 1 aliphatic rings. The summed E-state index contributed by atoms with van der Waals surface area (Å²) in [5, 5.41) is 3.48. The van der Waals surface area contributed by atoms with E-state index in [4.69, 9.17) is 9.47 Å². The molecule has 0 heterocycles. The number of nitrogens with one attached hydrogen (secondary N) is 1. The van der Waals surface area contributed by atoms with Crippen molar-refractivity contribution in [2.75, 3.05) is 26.9 Å². The monoisotopic (exact) mass is 187 g/mol. The van der Waals surface area contributed by atoms with Gasteiger partial charge in [0, 0.05) is 13.2 Å². The second kappa shape index (κ2) is 6.35. The van der Waals surface area contributed by atoms with Gasteiger partial charge >= 0.3 is 0 Å². The minimum Gasteiger partial charge on any atom is -0.382 e. The Labute approximate surface area is 80.8 Å². The zero-order chi connectivity index (χ0) is 9.52. The predicted molar refractivity (Wildman–Crippen MR) is 52.9 cm³/mol. The van der Waals surface area contributed by atoms with E-state index in [9.17, 15) is 0 Å². The summed E-state index contributed by atoms with van der Waals surface area (Å²) in [6.07, 6.45) is 4.03. The molecular weight excluding hydrogens is 166 g/mol. The van der Waals surface area contributed by atoms with Crippen LogP contribution in [0.3, 0.4) is 0 Å². The van der Waals surface area contributed by atoms with Crippen molar-refractivity contribution in [3.05, 3.63) is 0 Å². The first kappa shape index (κ1) is 11.0. The number of methoxy groups -OCH3 is 1. The lowest BCUT2D eigenvalue weighted by molar-refractivity contribution is -0.0355. The van der Waals surface area contributed by atoms with Crippen molar-refractivity contribution in [3.63, 3.8) is 0 Å². The molecule has 78 valence electrons. The average molecular weight is 187 g/mol. The number of ether oxygens (including phenoxy) is 2. The maximum atomic E-state index is 5.56. The molecule has 3 heteroatoms. The summed E-state index contributed by atoms with van der Waals surface area (Å²) in [5.41, 5.74) is 0. The molecule has 1 aliphatic carbocycles. The molecule has 1 fully saturated rings. The van der Waals surface area contributed by atoms with Crippen molar-refractivity contribution in [3.8, 4) is 0 Å². The number of rotatable bonds is 7. The summed E-state index contributed by atoms with van der Waals surface area (Å²) >= 11 is 0. The Morgan fingerprint density at radius 1 is 1.31 bits per heavy atom. The lowest BCUT2D eigenvalue weighted by Gasteiger charge is -2.35. The fraction of sp³-hybridized carbons (Fsp3) is 1.00. The van der Waals surface area contributed by atoms with Gasteiger partial charge in [0.2, 0.25) is 0 Å². The lowest BCUT2D eigenvalue weighted by Crippen LogP contribution is -2.45. The Bertz CT molecular complexity index is 124. The summed E-state index contributed by atoms with van der Waals surface area (Å²) in [7, 11) is 1.70. The molecule has 0 bridgehead atoms. The van der Waals surface area contributed by atoms with Gasteiger partial charge in [-0.05, 0) is 25.8 Å². The van der Waals surface area contributed by atoms with Gasteiger partial charge in [0.05, 0.1) is 19.3 Å². The van der Waals surface area contributed by atoms with Crippen LogP contribution in [0.25, 0.3) is 0 Å². The van der Waals surface area contributed by atoms with Crippen LogP contribution in [0.2, 0.25) is 0 Å². The molecule has 3 nitrogen and oxygen atoms in total. The second-order valence-electron chi connectivity index (χ2n) is 3.61. The Morgan fingerprint density at radius 2 is 2.08 bits per heavy atom. The average Bonchev–Trinajstić information content (AvgIpc) is 2.07. The van der Waals surface area contributed by atoms with Gasteiger partial charge < -0.3 is 14.8 Å². The van der Waals surface area contributed by atoms with Crippen LogP contribution in [-0.2, 0) is 9.47 Å². The lowest BCUT2D eigenvalue weighted by atomic mass is 9.89. The molecule has 0 amide bonds. The van der Waals surface area contributed by atoms with Gasteiger partial charge in [-0.2, -0.15) is 0 Å². The van der Waals surface area contributed by atoms with Crippen molar-refractivity contribution in [1.82, 2.24) is 5.32 Å². The SMILES string of the molecule is CCCNC1CC(OCCOC)C1. The third-order valence-corrected chi connectivity index (χ3v) is 2.42. The minimum atomic E-state index is 0.476. The van der Waals surface area contributed by atoms with Crippen molar-refractivity contribution >= 4 is 0 Å². The predicted octanol–water partition coefficient (Wildman–Crippen LogP) is 1.18. The third-order valence-electron chi connectivity index (χ3n) is 2.42. The van der Waals surface area contributed by atoms with E-state index in [0.29, 0.717) is 18.8 Å². The molecule has 0 saturated heterocycles. The van der Waals surface area contributed by atoms with Gasteiger partial charge in [-0.15, -0.1) is 0 Å². The van der Waals surface area contributed by atoms with Crippen LogP contribution in [0.1, 0.15) is 26.2 Å². The molecule has 0 aromatic rings. The van der Waals surface area contributed by atoms with Crippen LogP contribution >= 0.6 is 0 Å². The van der Waals surface area contributed by atoms with Gasteiger partial charge in [0.25, 0.3) is 0 Å². The molecule has 1 saturated carbocycles. The van der Waals surface area contributed by atoms with E-state index in [1.165, 1.54) is 19.3 Å². The van der Waals surface area contributed by atoms with E-state index in [1.54, 1.807) is 7.11 Å². The molecule has 0 radical (unpaired) electrons. The van der Waals surface area contributed by atoms with Crippen LogP contribution in [0.4, 0.5) is 0 Å². The fourth-order valence-electron chi connectivity index (χ4n) is 1.51. The highest BCUT2D eigenvalue weighted by atomic mass is 16.5. The molecule has 13 heavy (non-hydrogen) atoms. The Balaban J connectivity index is 1.87. The van der Waals surface area contributed by atoms with Gasteiger partial charge in [0.1, 0.15) is 0 Å². The highest BCUT2D eigenvalue weighted by molar-refractivity contribution is 4.85. The van der Waals surface area contributed by atoms with E-state index in [-0.39, 0.29) is 0 Å². The normalized spacial score (nSPS) is 27.2. The van der Waals surface area contributed by atoms with Crippen LogP contribution in [0.5, 0.6) is 0 Å². The maximum absolute atomic E-state index is 5.56. The molecule has 0 aromatic heterocycles. The Kier molecular flexibility index (Phi) is 5.35. The topological polar surface area (TPSA) is 30.5 Å². The minimum absolute atomic E-state index is 0.476. The highest BCUT2D eigenvalue weighted by Gasteiger charge is 2.28. The Hall–Kier alpha value is -0.120. The van der Waals surface area contributed by atoms with Gasteiger partial charge in [-0.3, -0.25) is 0 Å².